The van der Waals surface area contributed by atoms with E-state index in [9.17, 15) is 18.8 Å². The van der Waals surface area contributed by atoms with Crippen molar-refractivity contribution >= 4 is 51.9 Å². The van der Waals surface area contributed by atoms with Gasteiger partial charge in [-0.15, -0.1) is 0 Å². The zero-order valence-electron chi connectivity index (χ0n) is 21.6. The predicted octanol–water partition coefficient (Wildman–Crippen LogP) is 4.26. The number of anilines is 1. The molecule has 2 aliphatic rings. The Morgan fingerprint density at radius 3 is 2.65 bits per heavy atom. The van der Waals surface area contributed by atoms with Crippen LogP contribution in [-0.2, 0) is 20.9 Å². The van der Waals surface area contributed by atoms with E-state index in [4.69, 9.17) is 4.74 Å². The van der Waals surface area contributed by atoms with Gasteiger partial charge in [0.15, 0.2) is 5.17 Å². The quantitative estimate of drug-likeness (QED) is 0.407. The molecule has 0 bridgehead atoms. The van der Waals surface area contributed by atoms with E-state index in [0.717, 1.165) is 17.3 Å². The molecule has 0 saturated carbocycles. The summed E-state index contributed by atoms with van der Waals surface area (Å²) in [4.78, 5) is 49.3. The molecule has 0 aliphatic carbocycles. The Morgan fingerprint density at radius 1 is 1.05 bits per heavy atom. The van der Waals surface area contributed by atoms with Crippen LogP contribution in [-0.4, -0.2) is 52.5 Å². The Balaban J connectivity index is 1.23. The first-order valence-corrected chi connectivity index (χ1v) is 13.6. The van der Waals surface area contributed by atoms with E-state index in [1.54, 1.807) is 43.5 Å². The number of thioether (sulfide) groups is 1. The van der Waals surface area contributed by atoms with Gasteiger partial charge in [0.05, 0.1) is 18.6 Å². The molecule has 2 N–H and O–H groups in total. The lowest BCUT2D eigenvalue weighted by molar-refractivity contribution is -0.125. The number of amidine groups is 2. The molecule has 0 radical (unpaired) electrons. The molecule has 0 aromatic heterocycles. The van der Waals surface area contributed by atoms with Crippen LogP contribution in [0.5, 0.6) is 5.75 Å². The zero-order valence-corrected chi connectivity index (χ0v) is 22.4. The molecule has 2 aliphatic heterocycles. The Bertz CT molecular complexity index is 1510. The summed E-state index contributed by atoms with van der Waals surface area (Å²) in [7, 11) is 1.55. The lowest BCUT2D eigenvalue weighted by atomic mass is 10.1. The van der Waals surface area contributed by atoms with Crippen LogP contribution in [0, 0.1) is 5.82 Å². The number of para-hydroxylation sites is 1. The summed E-state index contributed by atoms with van der Waals surface area (Å²) in [6.07, 6.45) is 0.303. The van der Waals surface area contributed by atoms with Gasteiger partial charge in [-0.2, -0.15) is 0 Å². The average molecular weight is 560 g/mol. The molecule has 204 valence electrons. The van der Waals surface area contributed by atoms with Crippen molar-refractivity contribution in [2.24, 2.45) is 9.98 Å². The van der Waals surface area contributed by atoms with Gasteiger partial charge in [-0.25, -0.2) is 14.3 Å². The van der Waals surface area contributed by atoms with Crippen molar-refractivity contribution in [3.05, 3.63) is 89.7 Å². The molecule has 9 nitrogen and oxygen atoms in total. The SMILES string of the molecule is COc1cccc(NC(=O)CSC2=Nc3ccccc3C3=N[C@H](CCC(=O)NCc4ccc(F)cc4)C(=O)N23)c1. The number of rotatable bonds is 9. The third kappa shape index (κ3) is 6.20. The zero-order chi connectivity index (χ0) is 28.1. The molecular weight excluding hydrogens is 533 g/mol. The first-order chi connectivity index (χ1) is 19.4. The number of carbonyl (C=O) groups is 3. The number of hydrogen-bond donors (Lipinski definition) is 2. The number of carbonyl (C=O) groups excluding carboxylic acids is 3. The van der Waals surface area contributed by atoms with Crippen molar-refractivity contribution in [1.29, 1.82) is 0 Å². The third-order valence-electron chi connectivity index (χ3n) is 6.28. The molecule has 3 amide bonds. The second kappa shape index (κ2) is 12.1. The Kier molecular flexibility index (Phi) is 8.20. The molecule has 0 fully saturated rings. The number of halogens is 1. The Labute approximate surface area is 234 Å². The highest BCUT2D eigenvalue weighted by atomic mass is 32.2. The van der Waals surface area contributed by atoms with E-state index in [1.165, 1.54) is 17.0 Å². The summed E-state index contributed by atoms with van der Waals surface area (Å²) < 4.78 is 18.3. The second-order valence-corrected chi connectivity index (χ2v) is 10.0. The molecular formula is C29H26FN5O4S. The van der Waals surface area contributed by atoms with Crippen molar-refractivity contribution in [3.63, 3.8) is 0 Å². The van der Waals surface area contributed by atoms with Gasteiger partial charge in [0.1, 0.15) is 23.4 Å². The maximum atomic E-state index is 13.4. The van der Waals surface area contributed by atoms with E-state index in [1.807, 2.05) is 24.3 Å². The summed E-state index contributed by atoms with van der Waals surface area (Å²) >= 11 is 1.14. The van der Waals surface area contributed by atoms with Gasteiger partial charge in [-0.05, 0) is 48.4 Å². The third-order valence-corrected chi connectivity index (χ3v) is 7.22. The molecule has 0 saturated heterocycles. The molecule has 1 atom stereocenters. The van der Waals surface area contributed by atoms with Gasteiger partial charge in [-0.1, -0.05) is 42.1 Å². The topological polar surface area (TPSA) is 112 Å². The molecule has 0 spiro atoms. The van der Waals surface area contributed by atoms with Crippen molar-refractivity contribution in [1.82, 2.24) is 10.2 Å². The van der Waals surface area contributed by atoms with Crippen molar-refractivity contribution in [2.75, 3.05) is 18.2 Å². The Hall–Kier alpha value is -4.51. The maximum Gasteiger partial charge on any atom is 0.259 e. The summed E-state index contributed by atoms with van der Waals surface area (Å²) in [5, 5.41) is 5.97. The van der Waals surface area contributed by atoms with Gasteiger partial charge >= 0.3 is 0 Å². The van der Waals surface area contributed by atoms with Crippen LogP contribution >= 0.6 is 11.8 Å². The summed E-state index contributed by atoms with van der Waals surface area (Å²) in [5.41, 5.74) is 2.73. The van der Waals surface area contributed by atoms with E-state index >= 15 is 0 Å². The molecule has 11 heteroatoms. The molecule has 0 unspecified atom stereocenters. The minimum absolute atomic E-state index is 0.0196. The maximum absolute atomic E-state index is 13.4. The number of ether oxygens (including phenoxy) is 1. The van der Waals surface area contributed by atoms with Crippen LogP contribution in [0.15, 0.2) is 82.8 Å². The molecule has 2 heterocycles. The molecule has 5 rings (SSSR count). The van der Waals surface area contributed by atoms with Crippen LogP contribution in [0.25, 0.3) is 0 Å². The van der Waals surface area contributed by atoms with Crippen molar-refractivity contribution in [2.45, 2.75) is 25.4 Å². The normalized spacial score (nSPS) is 15.5. The van der Waals surface area contributed by atoms with Gasteiger partial charge < -0.3 is 15.4 Å². The fourth-order valence-electron chi connectivity index (χ4n) is 4.27. The number of benzene rings is 3. The first-order valence-electron chi connectivity index (χ1n) is 12.6. The minimum atomic E-state index is -0.755. The van der Waals surface area contributed by atoms with Gasteiger partial charge in [0.2, 0.25) is 11.8 Å². The summed E-state index contributed by atoms with van der Waals surface area (Å²) in [6, 6.07) is 19.5. The van der Waals surface area contributed by atoms with E-state index in [2.05, 4.69) is 20.6 Å². The largest absolute Gasteiger partial charge is 0.497 e. The smallest absolute Gasteiger partial charge is 0.259 e. The van der Waals surface area contributed by atoms with Gasteiger partial charge in [0.25, 0.3) is 5.91 Å². The number of amides is 3. The van der Waals surface area contributed by atoms with E-state index in [0.29, 0.717) is 33.7 Å². The lowest BCUT2D eigenvalue weighted by Crippen LogP contribution is -2.41. The highest BCUT2D eigenvalue weighted by molar-refractivity contribution is 8.14. The lowest BCUT2D eigenvalue weighted by Gasteiger charge is -2.25. The van der Waals surface area contributed by atoms with Crippen LogP contribution < -0.4 is 15.4 Å². The first kappa shape index (κ1) is 27.1. The van der Waals surface area contributed by atoms with Gasteiger partial charge in [-0.3, -0.25) is 19.4 Å². The van der Waals surface area contributed by atoms with E-state index < -0.39 is 6.04 Å². The van der Waals surface area contributed by atoms with Gasteiger partial charge in [0, 0.05) is 30.3 Å². The van der Waals surface area contributed by atoms with Crippen LogP contribution in [0.1, 0.15) is 24.0 Å². The number of hydrogen-bond acceptors (Lipinski definition) is 7. The monoisotopic (exact) mass is 559 g/mol. The minimum Gasteiger partial charge on any atom is -0.497 e. The van der Waals surface area contributed by atoms with Crippen molar-refractivity contribution in [3.8, 4) is 5.75 Å². The average Bonchev–Trinajstić information content (AvgIpc) is 3.31. The second-order valence-electron chi connectivity index (χ2n) is 9.06. The number of methoxy groups -OCH3 is 1. The summed E-state index contributed by atoms with van der Waals surface area (Å²) in [6.45, 7) is 0.261. The number of aliphatic imine (C=N–C) groups is 2. The molecule has 40 heavy (non-hydrogen) atoms. The number of nitrogens with one attached hydrogen (secondary N) is 2. The van der Waals surface area contributed by atoms with Crippen LogP contribution in [0.4, 0.5) is 15.8 Å². The predicted molar refractivity (Wildman–Crippen MR) is 152 cm³/mol. The van der Waals surface area contributed by atoms with Crippen LogP contribution in [0.3, 0.4) is 0 Å². The fourth-order valence-corrected chi connectivity index (χ4v) is 5.07. The summed E-state index contributed by atoms with van der Waals surface area (Å²) in [5.74, 6) is -0.0354. The Morgan fingerprint density at radius 2 is 1.85 bits per heavy atom. The molecule has 3 aromatic rings. The van der Waals surface area contributed by atoms with Crippen LogP contribution in [0.2, 0.25) is 0 Å². The standard InChI is InChI=1S/C29H26FN5O4S/c1-39-21-6-4-5-20(15-21)32-26(37)17-40-29-34-23-8-3-2-7-22(23)27-33-24(28(38)35(27)29)13-14-25(36)31-16-18-9-11-19(30)12-10-18/h2-12,15,24H,13-14,16-17H2,1H3,(H,31,36)(H,32,37)/t24-/m1/s1. The molecule has 3 aromatic carbocycles. The number of nitrogens with zero attached hydrogens (tertiary/aromatic N) is 3. The highest BCUT2D eigenvalue weighted by Gasteiger charge is 2.41. The number of fused-ring (bicyclic) bond motifs is 3. The fraction of sp³-hybridized carbons (Fsp3) is 0.207. The van der Waals surface area contributed by atoms with Crippen molar-refractivity contribution < 1.29 is 23.5 Å². The highest BCUT2D eigenvalue weighted by Crippen LogP contribution is 2.34. The van der Waals surface area contributed by atoms with E-state index in [-0.39, 0.29) is 48.7 Å².